The van der Waals surface area contributed by atoms with E-state index in [1.165, 1.54) is 29.2 Å². The molecule has 7 heteroatoms. The van der Waals surface area contributed by atoms with Crippen LogP contribution in [0.2, 0.25) is 0 Å². The van der Waals surface area contributed by atoms with Crippen LogP contribution >= 0.6 is 23.1 Å². The smallest absolute Gasteiger partial charge is 0.257 e. The first-order chi connectivity index (χ1) is 10.1. The van der Waals surface area contributed by atoms with Crippen molar-refractivity contribution in [3.63, 3.8) is 0 Å². The Kier molecular flexibility index (Phi) is 5.60. The summed E-state index contributed by atoms with van der Waals surface area (Å²) in [5, 5.41) is 2.90. The minimum atomic E-state index is -3.76. The zero-order valence-corrected chi connectivity index (χ0v) is 13.4. The third kappa shape index (κ3) is 5.74. The van der Waals surface area contributed by atoms with Crippen molar-refractivity contribution in [2.24, 2.45) is 0 Å². The molecule has 4 nitrogen and oxygen atoms in total. The molecule has 1 N–H and O–H groups in total. The van der Waals surface area contributed by atoms with Crippen molar-refractivity contribution >= 4 is 45.1 Å². The number of nitrogens with one attached hydrogen (secondary N) is 1. The molecule has 1 aromatic carbocycles. The van der Waals surface area contributed by atoms with E-state index in [0.717, 1.165) is 15.2 Å². The van der Waals surface area contributed by atoms with Gasteiger partial charge in [0.2, 0.25) is 5.91 Å². The molecule has 0 saturated heterocycles. The molecule has 0 atom stereocenters. The van der Waals surface area contributed by atoms with Gasteiger partial charge in [0.15, 0.2) is 0 Å². The fraction of sp³-hybridized carbons (Fsp3) is 0.0714. The van der Waals surface area contributed by atoms with Gasteiger partial charge in [-0.1, -0.05) is 36.4 Å². The van der Waals surface area contributed by atoms with Crippen LogP contribution in [0.25, 0.3) is 6.08 Å². The predicted molar refractivity (Wildman–Crippen MR) is 87.6 cm³/mol. The van der Waals surface area contributed by atoms with Gasteiger partial charge in [0.25, 0.3) is 10.0 Å². The van der Waals surface area contributed by atoms with E-state index in [1.807, 2.05) is 40.4 Å². The minimum absolute atomic E-state index is 0.0684. The molecule has 0 aliphatic rings. The molecule has 1 aromatic heterocycles. The zero-order chi connectivity index (χ0) is 15.1. The van der Waals surface area contributed by atoms with Crippen LogP contribution < -0.4 is 4.72 Å². The van der Waals surface area contributed by atoms with Gasteiger partial charge < -0.3 is 0 Å². The first kappa shape index (κ1) is 15.8. The quantitative estimate of drug-likeness (QED) is 0.822. The van der Waals surface area contributed by atoms with Crippen LogP contribution in [0.1, 0.15) is 5.56 Å². The number of thiophene rings is 1. The number of carbonyl (C=O) groups is 1. The fourth-order valence-corrected chi connectivity index (χ4v) is 3.91. The average Bonchev–Trinajstić information content (AvgIpc) is 2.97. The number of hydrogen-bond donors (Lipinski definition) is 1. The van der Waals surface area contributed by atoms with Crippen molar-refractivity contribution in [3.8, 4) is 0 Å². The Balaban J connectivity index is 1.88. The second-order valence-corrected chi connectivity index (χ2v) is 7.79. The van der Waals surface area contributed by atoms with E-state index in [9.17, 15) is 13.2 Å². The van der Waals surface area contributed by atoms with Crippen molar-refractivity contribution in [2.75, 3.05) is 5.75 Å². The van der Waals surface area contributed by atoms with Gasteiger partial charge in [-0.15, -0.1) is 23.1 Å². The van der Waals surface area contributed by atoms with Crippen molar-refractivity contribution in [1.29, 1.82) is 0 Å². The summed E-state index contributed by atoms with van der Waals surface area (Å²) in [4.78, 5) is 11.6. The van der Waals surface area contributed by atoms with Gasteiger partial charge in [0.05, 0.1) is 15.4 Å². The lowest BCUT2D eigenvalue weighted by molar-refractivity contribution is -0.116. The number of amides is 1. The number of rotatable bonds is 6. The molecule has 0 fully saturated rings. The van der Waals surface area contributed by atoms with E-state index in [1.54, 1.807) is 12.1 Å². The SMILES string of the molecule is O=C(CSc1cccs1)NS(=O)(=O)/C=C/c1ccccc1. The normalized spacial score (nSPS) is 11.6. The highest BCUT2D eigenvalue weighted by molar-refractivity contribution is 8.01. The second-order valence-electron chi connectivity index (χ2n) is 4.00. The number of carbonyl (C=O) groups excluding carboxylic acids is 1. The van der Waals surface area contributed by atoms with Crippen LogP contribution in [0.5, 0.6) is 0 Å². The number of hydrogen-bond acceptors (Lipinski definition) is 5. The molecular weight excluding hydrogens is 326 g/mol. The lowest BCUT2D eigenvalue weighted by Gasteiger charge is -2.02. The van der Waals surface area contributed by atoms with Gasteiger partial charge in [0.1, 0.15) is 0 Å². The molecule has 2 aromatic rings. The molecule has 21 heavy (non-hydrogen) atoms. The molecule has 110 valence electrons. The Morgan fingerprint density at radius 1 is 1.19 bits per heavy atom. The molecule has 0 saturated carbocycles. The van der Waals surface area contributed by atoms with E-state index in [4.69, 9.17) is 0 Å². The highest BCUT2D eigenvalue weighted by atomic mass is 32.2. The minimum Gasteiger partial charge on any atom is -0.273 e. The maximum atomic E-state index is 11.8. The number of thioether (sulfide) groups is 1. The van der Waals surface area contributed by atoms with E-state index in [2.05, 4.69) is 0 Å². The maximum absolute atomic E-state index is 11.8. The summed E-state index contributed by atoms with van der Waals surface area (Å²) >= 11 is 2.82. The summed E-state index contributed by atoms with van der Waals surface area (Å²) in [6, 6.07) is 12.8. The lowest BCUT2D eigenvalue weighted by Crippen LogP contribution is -2.30. The highest BCUT2D eigenvalue weighted by Crippen LogP contribution is 2.22. The molecule has 1 amide bonds. The molecule has 0 bridgehead atoms. The summed E-state index contributed by atoms with van der Waals surface area (Å²) in [6.45, 7) is 0. The topological polar surface area (TPSA) is 63.2 Å². The Morgan fingerprint density at radius 3 is 2.62 bits per heavy atom. The van der Waals surface area contributed by atoms with Crippen LogP contribution in [0.15, 0.2) is 57.5 Å². The van der Waals surface area contributed by atoms with E-state index in [-0.39, 0.29) is 5.75 Å². The Morgan fingerprint density at radius 2 is 1.95 bits per heavy atom. The fourth-order valence-electron chi connectivity index (χ4n) is 1.44. The standard InChI is InChI=1S/C14H13NO3S3/c16-13(11-20-14-7-4-9-19-14)15-21(17,18)10-8-12-5-2-1-3-6-12/h1-10H,11H2,(H,15,16)/b10-8+. The predicted octanol–water partition coefficient (Wildman–Crippen LogP) is 2.96. The summed E-state index contributed by atoms with van der Waals surface area (Å²) in [7, 11) is -3.76. The molecular formula is C14H13NO3S3. The Hall–Kier alpha value is -1.57. The Labute approximate surface area is 131 Å². The van der Waals surface area contributed by atoms with Crippen LogP contribution in [0.3, 0.4) is 0 Å². The van der Waals surface area contributed by atoms with Gasteiger partial charge in [-0.3, -0.25) is 4.79 Å². The summed E-state index contributed by atoms with van der Waals surface area (Å²) in [5.74, 6) is -0.468. The summed E-state index contributed by atoms with van der Waals surface area (Å²) in [5.41, 5.74) is 0.753. The average molecular weight is 339 g/mol. The van der Waals surface area contributed by atoms with Crippen molar-refractivity contribution in [3.05, 3.63) is 58.8 Å². The molecule has 0 radical (unpaired) electrons. The molecule has 0 aliphatic carbocycles. The van der Waals surface area contributed by atoms with Crippen LogP contribution in [0, 0.1) is 0 Å². The van der Waals surface area contributed by atoms with Crippen molar-refractivity contribution in [2.45, 2.75) is 4.21 Å². The Bertz CT molecular complexity index is 707. The van der Waals surface area contributed by atoms with E-state index >= 15 is 0 Å². The number of sulfonamides is 1. The summed E-state index contributed by atoms with van der Waals surface area (Å²) < 4.78 is 26.5. The maximum Gasteiger partial charge on any atom is 0.257 e. The largest absolute Gasteiger partial charge is 0.273 e. The monoisotopic (exact) mass is 339 g/mol. The first-order valence-corrected chi connectivity index (χ1v) is 9.41. The van der Waals surface area contributed by atoms with Crippen LogP contribution in [-0.2, 0) is 14.8 Å². The second kappa shape index (κ2) is 7.44. The third-order valence-corrected chi connectivity index (χ3v) is 5.47. The van der Waals surface area contributed by atoms with Gasteiger partial charge >= 0.3 is 0 Å². The molecule has 0 aliphatic heterocycles. The molecule has 2 rings (SSSR count). The number of benzene rings is 1. The highest BCUT2D eigenvalue weighted by Gasteiger charge is 2.11. The molecule has 1 heterocycles. The van der Waals surface area contributed by atoms with E-state index in [0.29, 0.717) is 0 Å². The lowest BCUT2D eigenvalue weighted by atomic mass is 10.2. The van der Waals surface area contributed by atoms with Crippen molar-refractivity contribution in [1.82, 2.24) is 4.72 Å². The zero-order valence-electron chi connectivity index (χ0n) is 10.9. The van der Waals surface area contributed by atoms with E-state index < -0.39 is 15.9 Å². The first-order valence-electron chi connectivity index (χ1n) is 6.00. The van der Waals surface area contributed by atoms with Gasteiger partial charge in [0, 0.05) is 0 Å². The van der Waals surface area contributed by atoms with Gasteiger partial charge in [-0.25, -0.2) is 13.1 Å². The van der Waals surface area contributed by atoms with Gasteiger partial charge in [-0.2, -0.15) is 0 Å². The van der Waals surface area contributed by atoms with Crippen LogP contribution in [0.4, 0.5) is 0 Å². The molecule has 0 unspecified atom stereocenters. The summed E-state index contributed by atoms with van der Waals surface area (Å²) in [6.07, 6.45) is 1.45. The van der Waals surface area contributed by atoms with Crippen molar-refractivity contribution < 1.29 is 13.2 Å². The van der Waals surface area contributed by atoms with Gasteiger partial charge in [-0.05, 0) is 23.1 Å². The van der Waals surface area contributed by atoms with Crippen LogP contribution in [-0.4, -0.2) is 20.1 Å². The third-order valence-electron chi connectivity index (χ3n) is 2.34. The molecule has 0 spiro atoms.